The van der Waals surface area contributed by atoms with Crippen molar-refractivity contribution in [1.82, 2.24) is 10.2 Å². The van der Waals surface area contributed by atoms with Gasteiger partial charge in [0.15, 0.2) is 0 Å². The summed E-state index contributed by atoms with van der Waals surface area (Å²) < 4.78 is 5.82. The summed E-state index contributed by atoms with van der Waals surface area (Å²) in [5.74, 6) is 0.989. The van der Waals surface area contributed by atoms with Crippen LogP contribution in [0.5, 0.6) is 5.75 Å². The van der Waals surface area contributed by atoms with Crippen LogP contribution in [0.1, 0.15) is 32.3 Å². The molecule has 0 radical (unpaired) electrons. The molecule has 1 aromatic rings. The van der Waals surface area contributed by atoms with Gasteiger partial charge < -0.3 is 15.0 Å². The summed E-state index contributed by atoms with van der Waals surface area (Å²) in [6.45, 7) is 12.0. The molecule has 1 aliphatic rings. The molecule has 0 atom stereocenters. The second-order valence-corrected chi connectivity index (χ2v) is 6.46. The minimum Gasteiger partial charge on any atom is -0.494 e. The van der Waals surface area contributed by atoms with Gasteiger partial charge in [-0.25, -0.2) is 0 Å². The highest BCUT2D eigenvalue weighted by atomic mass is 16.5. The molecule has 1 heterocycles. The van der Waals surface area contributed by atoms with Gasteiger partial charge in [0.2, 0.25) is 0 Å². The van der Waals surface area contributed by atoms with Gasteiger partial charge in [-0.2, -0.15) is 0 Å². The van der Waals surface area contributed by atoms with Crippen molar-refractivity contribution in [2.75, 3.05) is 32.8 Å². The Bertz CT molecular complexity index is 417. The fraction of sp³-hybridized carbons (Fsp3) is 0.647. The van der Waals surface area contributed by atoms with Crippen molar-refractivity contribution in [2.24, 2.45) is 0 Å². The second-order valence-electron chi connectivity index (χ2n) is 6.46. The molecule has 0 bridgehead atoms. The van der Waals surface area contributed by atoms with Crippen molar-refractivity contribution >= 4 is 0 Å². The molecule has 1 aliphatic heterocycles. The smallest absolute Gasteiger partial charge is 0.119 e. The number of benzene rings is 1. The molecular weight excluding hydrogens is 248 g/mol. The van der Waals surface area contributed by atoms with Crippen LogP contribution in [0, 0.1) is 6.92 Å². The SMILES string of the molecule is Cc1cccc(OCCCN2CCCNC(C)(C)C2)c1. The van der Waals surface area contributed by atoms with Gasteiger partial charge in [-0.1, -0.05) is 12.1 Å². The van der Waals surface area contributed by atoms with Crippen molar-refractivity contribution in [3.05, 3.63) is 29.8 Å². The highest BCUT2D eigenvalue weighted by molar-refractivity contribution is 5.27. The zero-order chi connectivity index (χ0) is 14.4. The Morgan fingerprint density at radius 2 is 2.20 bits per heavy atom. The zero-order valence-electron chi connectivity index (χ0n) is 13.1. The number of hydrogen-bond donors (Lipinski definition) is 1. The Morgan fingerprint density at radius 1 is 1.35 bits per heavy atom. The van der Waals surface area contributed by atoms with Gasteiger partial charge in [0.05, 0.1) is 6.61 Å². The molecule has 0 aromatic heterocycles. The molecule has 1 saturated heterocycles. The van der Waals surface area contributed by atoms with Crippen molar-refractivity contribution < 1.29 is 4.74 Å². The quantitative estimate of drug-likeness (QED) is 0.837. The van der Waals surface area contributed by atoms with Crippen LogP contribution in [0.3, 0.4) is 0 Å². The maximum atomic E-state index is 5.82. The summed E-state index contributed by atoms with van der Waals surface area (Å²) in [6, 6.07) is 8.28. The van der Waals surface area contributed by atoms with E-state index < -0.39 is 0 Å². The van der Waals surface area contributed by atoms with Crippen LogP contribution in [0.2, 0.25) is 0 Å². The van der Waals surface area contributed by atoms with Crippen molar-refractivity contribution in [3.63, 3.8) is 0 Å². The lowest BCUT2D eigenvalue weighted by molar-refractivity contribution is 0.208. The molecule has 2 rings (SSSR count). The number of nitrogens with one attached hydrogen (secondary N) is 1. The van der Waals surface area contributed by atoms with Gasteiger partial charge in [0.1, 0.15) is 5.75 Å². The van der Waals surface area contributed by atoms with E-state index in [1.807, 2.05) is 12.1 Å². The number of hydrogen-bond acceptors (Lipinski definition) is 3. The first-order valence-corrected chi connectivity index (χ1v) is 7.72. The first kappa shape index (κ1) is 15.3. The minimum atomic E-state index is 0.230. The molecule has 0 unspecified atom stereocenters. The van der Waals surface area contributed by atoms with E-state index in [2.05, 4.69) is 43.1 Å². The van der Waals surface area contributed by atoms with Crippen LogP contribution in [0.15, 0.2) is 24.3 Å². The molecule has 0 saturated carbocycles. The van der Waals surface area contributed by atoms with Crippen LogP contribution >= 0.6 is 0 Å². The molecule has 1 N–H and O–H groups in total. The lowest BCUT2D eigenvalue weighted by atomic mass is 10.1. The summed E-state index contributed by atoms with van der Waals surface area (Å²) in [5, 5.41) is 3.60. The number of rotatable bonds is 5. The molecule has 1 aromatic carbocycles. The van der Waals surface area contributed by atoms with Gasteiger partial charge >= 0.3 is 0 Å². The number of nitrogens with zero attached hydrogens (tertiary/aromatic N) is 1. The first-order valence-electron chi connectivity index (χ1n) is 7.72. The van der Waals surface area contributed by atoms with Crippen LogP contribution < -0.4 is 10.1 Å². The van der Waals surface area contributed by atoms with Crippen LogP contribution in [0.25, 0.3) is 0 Å². The number of ether oxygens (including phenoxy) is 1. The summed E-state index contributed by atoms with van der Waals surface area (Å²) in [7, 11) is 0. The predicted molar refractivity (Wildman–Crippen MR) is 84.4 cm³/mol. The maximum Gasteiger partial charge on any atom is 0.119 e. The van der Waals surface area contributed by atoms with E-state index in [0.29, 0.717) is 0 Å². The lowest BCUT2D eigenvalue weighted by Gasteiger charge is -2.29. The van der Waals surface area contributed by atoms with Gasteiger partial charge in [0, 0.05) is 18.6 Å². The molecule has 3 nitrogen and oxygen atoms in total. The van der Waals surface area contributed by atoms with E-state index in [4.69, 9.17) is 4.74 Å². The van der Waals surface area contributed by atoms with E-state index in [-0.39, 0.29) is 5.54 Å². The van der Waals surface area contributed by atoms with E-state index in [9.17, 15) is 0 Å². The molecule has 20 heavy (non-hydrogen) atoms. The largest absolute Gasteiger partial charge is 0.494 e. The van der Waals surface area contributed by atoms with E-state index in [0.717, 1.165) is 38.4 Å². The monoisotopic (exact) mass is 276 g/mol. The Morgan fingerprint density at radius 3 is 3.00 bits per heavy atom. The molecule has 0 amide bonds. The van der Waals surface area contributed by atoms with Gasteiger partial charge in [0.25, 0.3) is 0 Å². The Hall–Kier alpha value is -1.06. The Labute approximate surface area is 123 Å². The average molecular weight is 276 g/mol. The van der Waals surface area contributed by atoms with E-state index in [1.165, 1.54) is 18.5 Å². The molecule has 1 fully saturated rings. The summed E-state index contributed by atoms with van der Waals surface area (Å²) in [6.07, 6.45) is 2.33. The third kappa shape index (κ3) is 5.14. The maximum absolute atomic E-state index is 5.82. The zero-order valence-corrected chi connectivity index (χ0v) is 13.1. The van der Waals surface area contributed by atoms with Gasteiger partial charge in [-0.3, -0.25) is 0 Å². The summed E-state index contributed by atoms with van der Waals surface area (Å²) in [5.41, 5.74) is 1.48. The standard InChI is InChI=1S/C17H28N2O/c1-15-7-4-8-16(13-15)20-12-6-11-19-10-5-9-18-17(2,3)14-19/h4,7-8,13,18H,5-6,9-12,14H2,1-3H3. The predicted octanol–water partition coefficient (Wildman–Crippen LogP) is 2.84. The van der Waals surface area contributed by atoms with Crippen LogP contribution in [0.4, 0.5) is 0 Å². The highest BCUT2D eigenvalue weighted by Gasteiger charge is 2.23. The molecule has 0 spiro atoms. The third-order valence-corrected chi connectivity index (χ3v) is 3.75. The van der Waals surface area contributed by atoms with Gasteiger partial charge in [-0.05, 0) is 64.4 Å². The second kappa shape index (κ2) is 7.09. The topological polar surface area (TPSA) is 24.5 Å². The summed E-state index contributed by atoms with van der Waals surface area (Å²) in [4.78, 5) is 2.56. The first-order chi connectivity index (χ1) is 9.55. The van der Waals surface area contributed by atoms with Crippen LogP contribution in [-0.4, -0.2) is 43.2 Å². The molecule has 112 valence electrons. The fourth-order valence-electron chi connectivity index (χ4n) is 2.80. The molecule has 0 aliphatic carbocycles. The number of aryl methyl sites for hydroxylation is 1. The van der Waals surface area contributed by atoms with Crippen molar-refractivity contribution in [3.8, 4) is 5.75 Å². The molecule has 3 heteroatoms. The summed E-state index contributed by atoms with van der Waals surface area (Å²) >= 11 is 0. The minimum absolute atomic E-state index is 0.230. The Kier molecular flexibility index (Phi) is 5.44. The van der Waals surface area contributed by atoms with E-state index in [1.54, 1.807) is 0 Å². The third-order valence-electron chi connectivity index (χ3n) is 3.75. The fourth-order valence-corrected chi connectivity index (χ4v) is 2.80. The van der Waals surface area contributed by atoms with E-state index >= 15 is 0 Å². The van der Waals surface area contributed by atoms with Crippen LogP contribution in [-0.2, 0) is 0 Å². The molecular formula is C17H28N2O. The van der Waals surface area contributed by atoms with Crippen molar-refractivity contribution in [2.45, 2.75) is 39.2 Å². The van der Waals surface area contributed by atoms with Gasteiger partial charge in [-0.15, -0.1) is 0 Å². The van der Waals surface area contributed by atoms with Crippen molar-refractivity contribution in [1.29, 1.82) is 0 Å². The normalized spacial score (nSPS) is 19.6. The lowest BCUT2D eigenvalue weighted by Crippen LogP contribution is -2.46. The Balaban J connectivity index is 1.70. The average Bonchev–Trinajstić information content (AvgIpc) is 2.55. The highest BCUT2D eigenvalue weighted by Crippen LogP contribution is 2.13.